The summed E-state index contributed by atoms with van der Waals surface area (Å²) in [4.78, 5) is 23.0. The predicted molar refractivity (Wildman–Crippen MR) is 69.2 cm³/mol. The van der Waals surface area contributed by atoms with E-state index in [1.807, 2.05) is 31.2 Å². The van der Waals surface area contributed by atoms with Crippen LogP contribution in [-0.4, -0.2) is 25.4 Å². The van der Waals surface area contributed by atoms with Gasteiger partial charge in [-0.15, -0.1) is 0 Å². The van der Waals surface area contributed by atoms with Gasteiger partial charge in [0, 0.05) is 6.42 Å². The predicted octanol–water partition coefficient (Wildman–Crippen LogP) is 1.56. The molecule has 0 aliphatic carbocycles. The molecular formula is C14H19NO3. The minimum Gasteiger partial charge on any atom is -0.469 e. The fourth-order valence-electron chi connectivity index (χ4n) is 1.86. The molecular weight excluding hydrogens is 230 g/mol. The van der Waals surface area contributed by atoms with Crippen molar-refractivity contribution in [1.82, 2.24) is 0 Å². The number of benzene rings is 1. The summed E-state index contributed by atoms with van der Waals surface area (Å²) in [7, 11) is 1.36. The molecule has 2 N–H and O–H groups in total. The Kier molecular flexibility index (Phi) is 5.52. The summed E-state index contributed by atoms with van der Waals surface area (Å²) >= 11 is 0. The van der Waals surface area contributed by atoms with Gasteiger partial charge in [0.05, 0.1) is 19.6 Å². The first kappa shape index (κ1) is 14.4. The first-order chi connectivity index (χ1) is 8.58. The summed E-state index contributed by atoms with van der Waals surface area (Å²) in [5.74, 6) is -0.757. The van der Waals surface area contributed by atoms with Crippen LogP contribution < -0.4 is 5.73 Å². The highest BCUT2D eigenvalue weighted by atomic mass is 16.5. The number of nitrogens with two attached hydrogens (primary N) is 1. The van der Waals surface area contributed by atoms with Gasteiger partial charge in [0.15, 0.2) is 0 Å². The monoisotopic (exact) mass is 249 g/mol. The lowest BCUT2D eigenvalue weighted by molar-refractivity contribution is -0.142. The maximum absolute atomic E-state index is 11.8. The topological polar surface area (TPSA) is 69.4 Å². The van der Waals surface area contributed by atoms with Gasteiger partial charge in [-0.2, -0.15) is 0 Å². The molecule has 1 aromatic carbocycles. The lowest BCUT2D eigenvalue weighted by Crippen LogP contribution is -2.19. The number of hydrogen-bond donors (Lipinski definition) is 1. The number of hydrogen-bond acceptors (Lipinski definition) is 4. The summed E-state index contributed by atoms with van der Waals surface area (Å²) in [6.45, 7) is 1.98. The Bertz CT molecular complexity index is 429. The van der Waals surface area contributed by atoms with E-state index in [2.05, 4.69) is 0 Å². The molecule has 4 nitrogen and oxygen atoms in total. The summed E-state index contributed by atoms with van der Waals surface area (Å²) in [6, 6.07) is 7.67. The fourth-order valence-corrected chi connectivity index (χ4v) is 1.86. The molecule has 0 bridgehead atoms. The molecule has 0 radical (unpaired) electrons. The van der Waals surface area contributed by atoms with Gasteiger partial charge in [0.1, 0.15) is 5.78 Å². The van der Waals surface area contributed by atoms with E-state index in [0.29, 0.717) is 12.8 Å². The van der Waals surface area contributed by atoms with Crippen molar-refractivity contribution in [3.8, 4) is 0 Å². The Balaban J connectivity index is 2.85. The second kappa shape index (κ2) is 6.91. The smallest absolute Gasteiger partial charge is 0.313 e. The summed E-state index contributed by atoms with van der Waals surface area (Å²) in [5, 5.41) is 0. The van der Waals surface area contributed by atoms with Crippen molar-refractivity contribution in [2.45, 2.75) is 25.7 Å². The third kappa shape index (κ3) is 3.96. The molecule has 1 unspecified atom stereocenters. The van der Waals surface area contributed by atoms with Crippen molar-refractivity contribution >= 4 is 11.8 Å². The van der Waals surface area contributed by atoms with Crippen molar-refractivity contribution in [2.24, 2.45) is 5.73 Å². The van der Waals surface area contributed by atoms with Crippen LogP contribution in [0.3, 0.4) is 0 Å². The van der Waals surface area contributed by atoms with Gasteiger partial charge >= 0.3 is 5.97 Å². The number of esters is 1. The number of methoxy groups -OCH3 is 1. The zero-order chi connectivity index (χ0) is 13.5. The van der Waals surface area contributed by atoms with Crippen LogP contribution in [0.1, 0.15) is 29.9 Å². The van der Waals surface area contributed by atoms with Crippen molar-refractivity contribution < 1.29 is 14.3 Å². The largest absolute Gasteiger partial charge is 0.469 e. The Hall–Kier alpha value is -1.68. The lowest BCUT2D eigenvalue weighted by atomic mass is 9.92. The highest BCUT2D eigenvalue weighted by Gasteiger charge is 2.22. The molecule has 0 spiro atoms. The molecule has 4 heteroatoms. The number of carbonyl (C=O) groups is 2. The SMILES string of the molecule is COC(=O)C(CCC(=O)CN)c1cccc(C)c1. The van der Waals surface area contributed by atoms with Crippen LogP contribution >= 0.6 is 0 Å². The second-order valence-corrected chi connectivity index (χ2v) is 4.27. The summed E-state index contributed by atoms with van der Waals surface area (Å²) in [6.07, 6.45) is 0.733. The van der Waals surface area contributed by atoms with E-state index in [4.69, 9.17) is 10.5 Å². The maximum atomic E-state index is 11.8. The molecule has 0 saturated carbocycles. The zero-order valence-corrected chi connectivity index (χ0v) is 10.8. The highest BCUT2D eigenvalue weighted by molar-refractivity contribution is 5.82. The number of aryl methyl sites for hydroxylation is 1. The Morgan fingerprint density at radius 2 is 2.11 bits per heavy atom. The molecule has 0 aliphatic rings. The van der Waals surface area contributed by atoms with Crippen molar-refractivity contribution in [1.29, 1.82) is 0 Å². The Morgan fingerprint density at radius 1 is 1.39 bits per heavy atom. The molecule has 0 amide bonds. The fraction of sp³-hybridized carbons (Fsp3) is 0.429. The minimum atomic E-state index is -0.398. The minimum absolute atomic E-state index is 0.0156. The number of carbonyl (C=O) groups excluding carboxylic acids is 2. The molecule has 1 aromatic rings. The third-order valence-electron chi connectivity index (χ3n) is 2.87. The van der Waals surface area contributed by atoms with Crippen LogP contribution in [0.25, 0.3) is 0 Å². The molecule has 0 aliphatic heterocycles. The molecule has 0 saturated heterocycles. The number of ether oxygens (including phenoxy) is 1. The molecule has 18 heavy (non-hydrogen) atoms. The summed E-state index contributed by atoms with van der Waals surface area (Å²) in [5.41, 5.74) is 7.22. The first-order valence-electron chi connectivity index (χ1n) is 5.94. The third-order valence-corrected chi connectivity index (χ3v) is 2.87. The van der Waals surface area contributed by atoms with Crippen molar-refractivity contribution in [2.75, 3.05) is 13.7 Å². The van der Waals surface area contributed by atoms with Gasteiger partial charge in [0.2, 0.25) is 0 Å². The normalized spacial score (nSPS) is 11.9. The molecule has 0 fully saturated rings. The van der Waals surface area contributed by atoms with Crippen molar-refractivity contribution in [3.63, 3.8) is 0 Å². The number of ketones is 1. The number of rotatable bonds is 6. The molecule has 0 aromatic heterocycles. The van der Waals surface area contributed by atoms with E-state index in [0.717, 1.165) is 11.1 Å². The van der Waals surface area contributed by atoms with E-state index in [9.17, 15) is 9.59 Å². The van der Waals surface area contributed by atoms with Crippen LogP contribution in [0, 0.1) is 6.92 Å². The maximum Gasteiger partial charge on any atom is 0.313 e. The van der Waals surface area contributed by atoms with E-state index in [-0.39, 0.29) is 18.3 Å². The summed E-state index contributed by atoms with van der Waals surface area (Å²) < 4.78 is 4.79. The molecule has 98 valence electrons. The first-order valence-corrected chi connectivity index (χ1v) is 5.94. The van der Waals surface area contributed by atoms with Crippen LogP contribution in [-0.2, 0) is 14.3 Å². The molecule has 0 heterocycles. The average molecular weight is 249 g/mol. The van der Waals surface area contributed by atoms with E-state index in [1.165, 1.54) is 7.11 Å². The zero-order valence-electron chi connectivity index (χ0n) is 10.8. The van der Waals surface area contributed by atoms with Gasteiger partial charge in [-0.05, 0) is 18.9 Å². The van der Waals surface area contributed by atoms with Gasteiger partial charge < -0.3 is 10.5 Å². The van der Waals surface area contributed by atoms with Gasteiger partial charge in [-0.1, -0.05) is 29.8 Å². The van der Waals surface area contributed by atoms with Gasteiger partial charge in [-0.25, -0.2) is 0 Å². The standard InChI is InChI=1S/C14H19NO3/c1-10-4-3-5-11(8-10)13(14(17)18-2)7-6-12(16)9-15/h3-5,8,13H,6-7,9,15H2,1-2H3. The quantitative estimate of drug-likeness (QED) is 0.777. The van der Waals surface area contributed by atoms with Crippen LogP contribution in [0.4, 0.5) is 0 Å². The van der Waals surface area contributed by atoms with E-state index >= 15 is 0 Å². The lowest BCUT2D eigenvalue weighted by Gasteiger charge is -2.15. The molecule has 1 rings (SSSR count). The van der Waals surface area contributed by atoms with Gasteiger partial charge in [0.25, 0.3) is 0 Å². The van der Waals surface area contributed by atoms with E-state index in [1.54, 1.807) is 0 Å². The van der Waals surface area contributed by atoms with Crippen molar-refractivity contribution in [3.05, 3.63) is 35.4 Å². The van der Waals surface area contributed by atoms with Crippen LogP contribution in [0.5, 0.6) is 0 Å². The number of Topliss-reactive ketones (excluding diaryl/α,β-unsaturated/α-hetero) is 1. The van der Waals surface area contributed by atoms with Gasteiger partial charge in [-0.3, -0.25) is 9.59 Å². The molecule has 1 atom stereocenters. The van der Waals surface area contributed by atoms with Crippen LogP contribution in [0.2, 0.25) is 0 Å². The van der Waals surface area contributed by atoms with Crippen LogP contribution in [0.15, 0.2) is 24.3 Å². The Morgan fingerprint density at radius 3 is 2.67 bits per heavy atom. The average Bonchev–Trinajstić information content (AvgIpc) is 2.38. The highest BCUT2D eigenvalue weighted by Crippen LogP contribution is 2.23. The second-order valence-electron chi connectivity index (χ2n) is 4.27. The van der Waals surface area contributed by atoms with E-state index < -0.39 is 5.92 Å². The Labute approximate surface area is 107 Å².